The minimum Gasteiger partial charge on any atom is -0.372 e. The van der Waals surface area contributed by atoms with Gasteiger partial charge in [0.15, 0.2) is 0 Å². The number of aliphatic hydroxyl groups excluding tert-OH is 1. The Morgan fingerprint density at radius 2 is 1.26 bits per heavy atom. The normalized spacial score (nSPS) is 24.5. The standard InChI is InChI=1S/C26H26N2O2S/c1-25(2)24(30)28-22(29)21(23(28)31-25)27-26(18-12-6-3-7-13-18,19-14-8-4-9-15-19)20-16-10-5-11-17-20/h3-17,21,23-24,27,30H,1-2H3/t21?,23-,24?/m1/s1. The lowest BCUT2D eigenvalue weighted by Crippen LogP contribution is -2.71. The molecule has 0 bridgehead atoms. The van der Waals surface area contributed by atoms with Crippen molar-refractivity contribution < 1.29 is 9.90 Å². The van der Waals surface area contributed by atoms with Crippen molar-refractivity contribution >= 4 is 17.7 Å². The molecular weight excluding hydrogens is 404 g/mol. The largest absolute Gasteiger partial charge is 0.372 e. The Kier molecular flexibility index (Phi) is 4.93. The molecule has 0 saturated carbocycles. The molecule has 3 aromatic rings. The van der Waals surface area contributed by atoms with Gasteiger partial charge in [0.1, 0.15) is 17.6 Å². The number of aliphatic hydroxyl groups is 1. The molecule has 2 N–H and O–H groups in total. The van der Waals surface area contributed by atoms with Crippen LogP contribution >= 0.6 is 11.8 Å². The van der Waals surface area contributed by atoms with Gasteiger partial charge in [0, 0.05) is 0 Å². The molecule has 5 rings (SSSR count). The van der Waals surface area contributed by atoms with E-state index in [0.717, 1.165) is 16.7 Å². The topological polar surface area (TPSA) is 52.6 Å². The third kappa shape index (κ3) is 3.11. The molecule has 0 aliphatic carbocycles. The molecule has 2 aliphatic rings. The number of benzene rings is 3. The van der Waals surface area contributed by atoms with Crippen LogP contribution in [-0.4, -0.2) is 38.3 Å². The molecule has 3 atom stereocenters. The van der Waals surface area contributed by atoms with Gasteiger partial charge in [0.2, 0.25) is 5.91 Å². The number of rotatable bonds is 5. The Morgan fingerprint density at radius 1 is 0.839 bits per heavy atom. The van der Waals surface area contributed by atoms with Crippen molar-refractivity contribution in [1.29, 1.82) is 0 Å². The summed E-state index contributed by atoms with van der Waals surface area (Å²) < 4.78 is -0.397. The number of carbonyl (C=O) groups excluding carboxylic acids is 1. The molecule has 2 saturated heterocycles. The van der Waals surface area contributed by atoms with Crippen molar-refractivity contribution in [3.63, 3.8) is 0 Å². The number of nitrogens with one attached hydrogen (secondary N) is 1. The SMILES string of the molecule is CC1(C)S[C@@H]2C(NC(c3ccccc3)(c3ccccc3)c3ccccc3)C(=O)N2C1O. The Hall–Kier alpha value is -2.60. The fourth-order valence-electron chi connectivity index (χ4n) is 4.76. The minimum absolute atomic E-state index is 0.0530. The van der Waals surface area contributed by atoms with Crippen molar-refractivity contribution in [2.75, 3.05) is 0 Å². The molecule has 3 aromatic carbocycles. The van der Waals surface area contributed by atoms with Crippen molar-refractivity contribution in [2.45, 2.75) is 41.8 Å². The highest BCUT2D eigenvalue weighted by atomic mass is 32.2. The average Bonchev–Trinajstić information content (AvgIpc) is 3.02. The highest BCUT2D eigenvalue weighted by Crippen LogP contribution is 2.51. The van der Waals surface area contributed by atoms with Crippen LogP contribution < -0.4 is 5.32 Å². The average molecular weight is 431 g/mol. The summed E-state index contributed by atoms with van der Waals surface area (Å²) in [4.78, 5) is 14.8. The molecule has 158 valence electrons. The van der Waals surface area contributed by atoms with E-state index in [-0.39, 0.29) is 11.3 Å². The monoisotopic (exact) mass is 430 g/mol. The first kappa shape index (κ1) is 20.3. The predicted molar refractivity (Wildman–Crippen MR) is 124 cm³/mol. The van der Waals surface area contributed by atoms with E-state index in [1.807, 2.05) is 68.4 Å². The summed E-state index contributed by atoms with van der Waals surface area (Å²) in [6.07, 6.45) is -0.771. The Bertz CT molecular complexity index is 976. The number of carbonyl (C=O) groups is 1. The zero-order valence-electron chi connectivity index (χ0n) is 17.6. The first-order chi connectivity index (χ1) is 14.9. The van der Waals surface area contributed by atoms with Crippen LogP contribution in [0.2, 0.25) is 0 Å². The molecule has 0 aromatic heterocycles. The molecule has 2 heterocycles. The molecule has 4 nitrogen and oxygen atoms in total. The molecule has 1 amide bonds. The maximum absolute atomic E-state index is 13.2. The van der Waals surface area contributed by atoms with E-state index < -0.39 is 22.6 Å². The lowest BCUT2D eigenvalue weighted by molar-refractivity contribution is -0.161. The van der Waals surface area contributed by atoms with E-state index in [9.17, 15) is 9.90 Å². The van der Waals surface area contributed by atoms with Crippen LogP contribution in [0.3, 0.4) is 0 Å². The number of thioether (sulfide) groups is 1. The summed E-state index contributed by atoms with van der Waals surface area (Å²) in [5.74, 6) is -0.0530. The molecule has 0 radical (unpaired) electrons. The second kappa shape index (κ2) is 7.52. The maximum atomic E-state index is 13.2. The molecule has 2 fully saturated rings. The van der Waals surface area contributed by atoms with Crippen molar-refractivity contribution in [3.8, 4) is 0 Å². The zero-order chi connectivity index (χ0) is 21.6. The summed E-state index contributed by atoms with van der Waals surface area (Å²) in [7, 11) is 0. The smallest absolute Gasteiger partial charge is 0.245 e. The molecular formula is C26H26N2O2S. The quantitative estimate of drug-likeness (QED) is 0.475. The second-order valence-electron chi connectivity index (χ2n) is 8.70. The number of nitrogens with zero attached hydrogens (tertiary/aromatic N) is 1. The Balaban J connectivity index is 1.66. The number of fused-ring (bicyclic) bond motifs is 1. The van der Waals surface area contributed by atoms with Crippen molar-refractivity contribution in [2.24, 2.45) is 0 Å². The summed E-state index contributed by atoms with van der Waals surface area (Å²) in [6.45, 7) is 3.98. The van der Waals surface area contributed by atoms with Crippen LogP contribution in [-0.2, 0) is 10.3 Å². The van der Waals surface area contributed by atoms with Gasteiger partial charge >= 0.3 is 0 Å². The third-order valence-corrected chi connectivity index (χ3v) is 7.94. The van der Waals surface area contributed by atoms with Crippen LogP contribution in [0.4, 0.5) is 0 Å². The van der Waals surface area contributed by atoms with Crippen molar-refractivity contribution in [3.05, 3.63) is 108 Å². The summed E-state index contributed by atoms with van der Waals surface area (Å²) in [5.41, 5.74) is 2.51. The molecule has 5 heteroatoms. The summed E-state index contributed by atoms with van der Waals surface area (Å²) in [6, 6.07) is 30.4. The predicted octanol–water partition coefficient (Wildman–Crippen LogP) is 3.95. The highest BCUT2D eigenvalue weighted by Gasteiger charge is 2.62. The molecule has 0 spiro atoms. The molecule has 2 aliphatic heterocycles. The van der Waals surface area contributed by atoms with Crippen LogP contribution in [0.5, 0.6) is 0 Å². The van der Waals surface area contributed by atoms with Crippen LogP contribution in [0.1, 0.15) is 30.5 Å². The number of amides is 1. The molecule has 31 heavy (non-hydrogen) atoms. The Labute approximate surface area is 187 Å². The van der Waals surface area contributed by atoms with Crippen LogP contribution in [0.25, 0.3) is 0 Å². The van der Waals surface area contributed by atoms with Gasteiger partial charge in [0.05, 0.1) is 10.3 Å². The summed E-state index contributed by atoms with van der Waals surface area (Å²) >= 11 is 1.66. The van der Waals surface area contributed by atoms with Gasteiger partial charge in [0.25, 0.3) is 0 Å². The zero-order valence-corrected chi connectivity index (χ0v) is 18.4. The lowest BCUT2D eigenvalue weighted by Gasteiger charge is -2.49. The number of hydrogen-bond donors (Lipinski definition) is 2. The van der Waals surface area contributed by atoms with E-state index in [1.165, 1.54) is 0 Å². The van der Waals surface area contributed by atoms with E-state index in [1.54, 1.807) is 16.7 Å². The minimum atomic E-state index is -0.771. The van der Waals surface area contributed by atoms with E-state index in [4.69, 9.17) is 0 Å². The number of hydrogen-bond acceptors (Lipinski definition) is 4. The van der Waals surface area contributed by atoms with Gasteiger partial charge < -0.3 is 10.0 Å². The van der Waals surface area contributed by atoms with Gasteiger partial charge in [-0.05, 0) is 30.5 Å². The summed E-state index contributed by atoms with van der Waals surface area (Å²) in [5, 5.41) is 14.3. The van der Waals surface area contributed by atoms with Crippen LogP contribution in [0, 0.1) is 0 Å². The van der Waals surface area contributed by atoms with Gasteiger partial charge in [-0.15, -0.1) is 11.8 Å². The van der Waals surface area contributed by atoms with Gasteiger partial charge in [-0.3, -0.25) is 10.1 Å². The first-order valence-electron chi connectivity index (χ1n) is 10.6. The van der Waals surface area contributed by atoms with Crippen molar-refractivity contribution in [1.82, 2.24) is 10.2 Å². The van der Waals surface area contributed by atoms with E-state index >= 15 is 0 Å². The molecule has 2 unspecified atom stereocenters. The van der Waals surface area contributed by atoms with Gasteiger partial charge in [-0.1, -0.05) is 91.0 Å². The van der Waals surface area contributed by atoms with E-state index in [2.05, 4.69) is 41.7 Å². The second-order valence-corrected chi connectivity index (χ2v) is 10.5. The van der Waals surface area contributed by atoms with E-state index in [0.29, 0.717) is 0 Å². The number of β-lactam (4-membered cyclic amide) rings is 1. The van der Waals surface area contributed by atoms with Crippen LogP contribution in [0.15, 0.2) is 91.0 Å². The Morgan fingerprint density at radius 3 is 1.68 bits per heavy atom. The maximum Gasteiger partial charge on any atom is 0.245 e. The van der Waals surface area contributed by atoms with Gasteiger partial charge in [-0.25, -0.2) is 0 Å². The third-order valence-electron chi connectivity index (χ3n) is 6.38. The lowest BCUT2D eigenvalue weighted by atomic mass is 9.76. The fourth-order valence-corrected chi connectivity index (χ4v) is 6.27. The van der Waals surface area contributed by atoms with Gasteiger partial charge in [-0.2, -0.15) is 0 Å². The fraction of sp³-hybridized carbons (Fsp3) is 0.269. The highest BCUT2D eigenvalue weighted by molar-refractivity contribution is 8.01. The first-order valence-corrected chi connectivity index (χ1v) is 11.5.